The Balaban J connectivity index is 1.73. The molecule has 0 bridgehead atoms. The van der Waals surface area contributed by atoms with Crippen LogP contribution in [0.2, 0.25) is 0 Å². The third-order valence-corrected chi connectivity index (χ3v) is 4.16. The van der Waals surface area contributed by atoms with E-state index in [0.29, 0.717) is 29.4 Å². The molecule has 8 nitrogen and oxygen atoms in total. The highest BCUT2D eigenvalue weighted by atomic mass is 16.5. The first-order chi connectivity index (χ1) is 14.0. The number of nitrogens with zero attached hydrogens (tertiary/aromatic N) is 1. The third kappa shape index (κ3) is 4.55. The maximum atomic E-state index is 12.6. The predicted molar refractivity (Wildman–Crippen MR) is 107 cm³/mol. The van der Waals surface area contributed by atoms with Crippen molar-refractivity contribution >= 4 is 29.6 Å². The quantitative estimate of drug-likeness (QED) is 0.555. The van der Waals surface area contributed by atoms with Gasteiger partial charge in [0.15, 0.2) is 0 Å². The Morgan fingerprint density at radius 3 is 2.52 bits per heavy atom. The van der Waals surface area contributed by atoms with Crippen molar-refractivity contribution in [3.05, 3.63) is 59.8 Å². The summed E-state index contributed by atoms with van der Waals surface area (Å²) >= 11 is 0. The number of amides is 4. The number of carbonyl (C=O) groups is 3. The Hall–Kier alpha value is -3.81. The third-order valence-electron chi connectivity index (χ3n) is 4.16. The smallest absolute Gasteiger partial charge is 0.329 e. The molecule has 0 aromatic heterocycles. The van der Waals surface area contributed by atoms with E-state index >= 15 is 0 Å². The molecule has 1 heterocycles. The van der Waals surface area contributed by atoms with E-state index in [9.17, 15) is 14.4 Å². The van der Waals surface area contributed by atoms with E-state index in [2.05, 4.69) is 10.6 Å². The van der Waals surface area contributed by atoms with Crippen LogP contribution in [0.4, 0.5) is 10.5 Å². The fourth-order valence-electron chi connectivity index (χ4n) is 2.84. The molecule has 2 aromatic rings. The van der Waals surface area contributed by atoms with Gasteiger partial charge in [-0.1, -0.05) is 30.3 Å². The highest BCUT2D eigenvalue weighted by Crippen LogP contribution is 2.24. The first-order valence-corrected chi connectivity index (χ1v) is 9.02. The monoisotopic (exact) mass is 395 g/mol. The molecule has 2 N–H and O–H groups in total. The molecule has 0 aliphatic carbocycles. The maximum Gasteiger partial charge on any atom is 0.329 e. The van der Waals surface area contributed by atoms with Crippen LogP contribution in [-0.2, 0) is 9.59 Å². The van der Waals surface area contributed by atoms with Gasteiger partial charge in [-0.15, -0.1) is 0 Å². The number of imide groups is 1. The van der Waals surface area contributed by atoms with Gasteiger partial charge in [-0.25, -0.2) is 9.69 Å². The first kappa shape index (κ1) is 19.9. The number of ether oxygens (including phenoxy) is 2. The number of methoxy groups -OCH3 is 1. The number of anilines is 1. The zero-order valence-corrected chi connectivity index (χ0v) is 16.1. The van der Waals surface area contributed by atoms with Crippen molar-refractivity contribution in [3.8, 4) is 11.5 Å². The van der Waals surface area contributed by atoms with Gasteiger partial charge >= 0.3 is 6.03 Å². The molecule has 1 aliphatic rings. The molecule has 0 unspecified atom stereocenters. The molecule has 1 saturated heterocycles. The zero-order valence-electron chi connectivity index (χ0n) is 16.1. The van der Waals surface area contributed by atoms with Gasteiger partial charge in [0.2, 0.25) is 5.91 Å². The van der Waals surface area contributed by atoms with Gasteiger partial charge in [0, 0.05) is 5.56 Å². The minimum absolute atomic E-state index is 0.0762. The van der Waals surface area contributed by atoms with Crippen molar-refractivity contribution in [1.82, 2.24) is 10.2 Å². The summed E-state index contributed by atoms with van der Waals surface area (Å²) in [5.74, 6) is -0.0338. The van der Waals surface area contributed by atoms with Gasteiger partial charge in [-0.3, -0.25) is 9.59 Å². The molecule has 150 valence electrons. The summed E-state index contributed by atoms with van der Waals surface area (Å²) in [4.78, 5) is 38.1. The summed E-state index contributed by atoms with van der Waals surface area (Å²) in [5, 5.41) is 5.14. The molecule has 1 aliphatic heterocycles. The lowest BCUT2D eigenvalue weighted by atomic mass is 10.1. The minimum Gasteiger partial charge on any atom is -0.495 e. The fourth-order valence-corrected chi connectivity index (χ4v) is 2.84. The minimum atomic E-state index is -0.662. The number of carbonyl (C=O) groups excluding carboxylic acids is 3. The van der Waals surface area contributed by atoms with Crippen LogP contribution in [0.3, 0.4) is 0 Å². The van der Waals surface area contributed by atoms with Crippen LogP contribution >= 0.6 is 0 Å². The van der Waals surface area contributed by atoms with Crippen LogP contribution in [0.25, 0.3) is 6.08 Å². The Labute approximate surface area is 168 Å². The van der Waals surface area contributed by atoms with E-state index in [0.717, 1.165) is 4.90 Å². The molecular weight excluding hydrogens is 374 g/mol. The van der Waals surface area contributed by atoms with Crippen molar-refractivity contribution in [1.29, 1.82) is 0 Å². The Kier molecular flexibility index (Phi) is 6.13. The highest BCUT2D eigenvalue weighted by Gasteiger charge is 2.35. The number of hydrogen-bond acceptors (Lipinski definition) is 5. The number of urea groups is 1. The van der Waals surface area contributed by atoms with Crippen LogP contribution in [0.15, 0.2) is 54.2 Å². The molecule has 29 heavy (non-hydrogen) atoms. The Bertz CT molecular complexity index is 970. The van der Waals surface area contributed by atoms with Crippen molar-refractivity contribution in [2.75, 3.05) is 25.6 Å². The Morgan fingerprint density at radius 1 is 1.10 bits per heavy atom. The standard InChI is InChI=1S/C21H21N3O5/c1-3-29-17-10-6-4-8-14(17)12-16-20(26)24(21(27)23-16)13-19(25)22-15-9-5-7-11-18(15)28-2/h4-12H,3,13H2,1-2H3,(H,22,25)(H,23,27)/b16-12+. The lowest BCUT2D eigenvalue weighted by Crippen LogP contribution is -2.38. The lowest BCUT2D eigenvalue weighted by Gasteiger charge is -2.13. The van der Waals surface area contributed by atoms with Crippen molar-refractivity contribution in [3.63, 3.8) is 0 Å². The Morgan fingerprint density at radius 2 is 1.79 bits per heavy atom. The van der Waals surface area contributed by atoms with E-state index in [4.69, 9.17) is 9.47 Å². The van der Waals surface area contributed by atoms with Crippen molar-refractivity contribution in [2.24, 2.45) is 0 Å². The number of nitrogens with one attached hydrogen (secondary N) is 2. The number of benzene rings is 2. The predicted octanol–water partition coefficient (Wildman–Crippen LogP) is 2.63. The van der Waals surface area contributed by atoms with Gasteiger partial charge in [-0.2, -0.15) is 0 Å². The van der Waals surface area contributed by atoms with Gasteiger partial charge in [0.05, 0.1) is 19.4 Å². The van der Waals surface area contributed by atoms with E-state index in [-0.39, 0.29) is 5.70 Å². The molecule has 0 radical (unpaired) electrons. The van der Waals surface area contributed by atoms with Gasteiger partial charge in [0.25, 0.3) is 5.91 Å². The average Bonchev–Trinajstić information content (AvgIpc) is 2.97. The molecule has 0 spiro atoms. The second-order valence-corrected chi connectivity index (χ2v) is 6.10. The van der Waals surface area contributed by atoms with Gasteiger partial charge in [0.1, 0.15) is 23.7 Å². The summed E-state index contributed by atoms with van der Waals surface area (Å²) in [6.45, 7) is 1.90. The SMILES string of the molecule is CCOc1ccccc1/C=C1/NC(=O)N(CC(=O)Nc2ccccc2OC)C1=O. The zero-order chi connectivity index (χ0) is 20.8. The molecule has 1 fully saturated rings. The van der Waals surface area contributed by atoms with E-state index in [1.165, 1.54) is 13.2 Å². The van der Waals surface area contributed by atoms with Crippen LogP contribution in [0.1, 0.15) is 12.5 Å². The summed E-state index contributed by atoms with van der Waals surface area (Å²) < 4.78 is 10.7. The van der Waals surface area contributed by atoms with Crippen LogP contribution in [0.5, 0.6) is 11.5 Å². The fraction of sp³-hybridized carbons (Fsp3) is 0.190. The second-order valence-electron chi connectivity index (χ2n) is 6.10. The van der Waals surface area contributed by atoms with Crippen LogP contribution < -0.4 is 20.1 Å². The second kappa shape index (κ2) is 8.92. The van der Waals surface area contributed by atoms with Crippen molar-refractivity contribution in [2.45, 2.75) is 6.92 Å². The van der Waals surface area contributed by atoms with Crippen LogP contribution in [-0.4, -0.2) is 43.0 Å². The molecule has 0 atom stereocenters. The van der Waals surface area contributed by atoms with Gasteiger partial charge < -0.3 is 20.1 Å². The maximum absolute atomic E-state index is 12.6. The highest BCUT2D eigenvalue weighted by molar-refractivity contribution is 6.16. The lowest BCUT2D eigenvalue weighted by molar-refractivity contribution is -0.127. The number of rotatable bonds is 7. The summed E-state index contributed by atoms with van der Waals surface area (Å²) in [7, 11) is 1.49. The van der Waals surface area contributed by atoms with Gasteiger partial charge in [-0.05, 0) is 31.2 Å². The molecule has 4 amide bonds. The summed E-state index contributed by atoms with van der Waals surface area (Å²) in [6, 6.07) is 13.4. The average molecular weight is 395 g/mol. The van der Waals surface area contributed by atoms with Crippen LogP contribution in [0, 0.1) is 0 Å². The molecule has 2 aromatic carbocycles. The molecular formula is C21H21N3O5. The molecule has 3 rings (SSSR count). The summed E-state index contributed by atoms with van der Waals surface area (Å²) in [6.07, 6.45) is 1.53. The molecule has 8 heteroatoms. The normalized spacial score (nSPS) is 14.7. The number of hydrogen-bond donors (Lipinski definition) is 2. The molecule has 0 saturated carbocycles. The van der Waals surface area contributed by atoms with E-state index in [1.54, 1.807) is 42.5 Å². The number of para-hydroxylation sites is 3. The summed E-state index contributed by atoms with van der Waals surface area (Å²) in [5.41, 5.74) is 1.18. The first-order valence-electron chi connectivity index (χ1n) is 9.02. The topological polar surface area (TPSA) is 97.0 Å². The largest absolute Gasteiger partial charge is 0.495 e. The van der Waals surface area contributed by atoms with E-state index < -0.39 is 24.4 Å². The van der Waals surface area contributed by atoms with Crippen molar-refractivity contribution < 1.29 is 23.9 Å². The van der Waals surface area contributed by atoms with E-state index in [1.807, 2.05) is 13.0 Å².